The van der Waals surface area contributed by atoms with Gasteiger partial charge in [0.2, 0.25) is 0 Å². The normalized spacial score (nSPS) is 14.0. The second kappa shape index (κ2) is 4.49. The standard InChI is InChI=1S/C11H12F3/c1-2-6-10(12)11(13,14)9-7-4-3-5-8-9/h3-5,7,10H,2,6H2,1H3. The number of rotatable bonds is 4. The second-order valence-corrected chi connectivity index (χ2v) is 3.16. The summed E-state index contributed by atoms with van der Waals surface area (Å²) >= 11 is 0. The minimum absolute atomic E-state index is 0.129. The summed E-state index contributed by atoms with van der Waals surface area (Å²) in [6, 6.07) is 7.95. The van der Waals surface area contributed by atoms with Crippen molar-refractivity contribution in [3.8, 4) is 0 Å². The van der Waals surface area contributed by atoms with Crippen molar-refractivity contribution >= 4 is 0 Å². The molecule has 1 aromatic carbocycles. The highest BCUT2D eigenvalue weighted by Crippen LogP contribution is 2.35. The smallest absolute Gasteiger partial charge is 0.240 e. The molecule has 0 amide bonds. The van der Waals surface area contributed by atoms with E-state index < -0.39 is 12.1 Å². The summed E-state index contributed by atoms with van der Waals surface area (Å²) in [5, 5.41) is 0. The van der Waals surface area contributed by atoms with E-state index in [1.165, 1.54) is 18.2 Å². The van der Waals surface area contributed by atoms with Gasteiger partial charge < -0.3 is 0 Å². The number of benzene rings is 1. The Labute approximate surface area is 81.8 Å². The lowest BCUT2D eigenvalue weighted by Crippen LogP contribution is -2.27. The molecule has 1 radical (unpaired) electrons. The molecule has 0 N–H and O–H groups in total. The van der Waals surface area contributed by atoms with Crippen molar-refractivity contribution in [2.75, 3.05) is 0 Å². The van der Waals surface area contributed by atoms with Crippen LogP contribution in [0.25, 0.3) is 0 Å². The molecule has 14 heavy (non-hydrogen) atoms. The van der Waals surface area contributed by atoms with Crippen molar-refractivity contribution in [1.29, 1.82) is 0 Å². The van der Waals surface area contributed by atoms with Gasteiger partial charge >= 0.3 is 5.92 Å². The predicted molar refractivity (Wildman–Crippen MR) is 49.0 cm³/mol. The molecule has 0 spiro atoms. The third-order valence-electron chi connectivity index (χ3n) is 2.00. The average Bonchev–Trinajstić information content (AvgIpc) is 2.19. The van der Waals surface area contributed by atoms with Crippen molar-refractivity contribution < 1.29 is 13.2 Å². The molecule has 0 saturated carbocycles. The largest absolute Gasteiger partial charge is 0.304 e. The molecule has 0 fully saturated rings. The van der Waals surface area contributed by atoms with Gasteiger partial charge in [0.15, 0.2) is 6.17 Å². The summed E-state index contributed by atoms with van der Waals surface area (Å²) < 4.78 is 39.8. The Bertz CT molecular complexity index is 269. The fourth-order valence-corrected chi connectivity index (χ4v) is 1.20. The van der Waals surface area contributed by atoms with E-state index in [1.807, 2.05) is 0 Å². The fraction of sp³-hybridized carbons (Fsp3) is 0.455. The van der Waals surface area contributed by atoms with E-state index in [0.717, 1.165) is 0 Å². The summed E-state index contributed by atoms with van der Waals surface area (Å²) in [6.07, 6.45) is -1.84. The highest BCUT2D eigenvalue weighted by Gasteiger charge is 2.41. The molecule has 77 valence electrons. The Morgan fingerprint density at radius 1 is 1.43 bits per heavy atom. The monoisotopic (exact) mass is 201 g/mol. The van der Waals surface area contributed by atoms with E-state index in [4.69, 9.17) is 0 Å². The van der Waals surface area contributed by atoms with E-state index in [-0.39, 0.29) is 12.0 Å². The molecule has 1 atom stereocenters. The number of halogens is 3. The van der Waals surface area contributed by atoms with Crippen LogP contribution in [-0.4, -0.2) is 6.17 Å². The topological polar surface area (TPSA) is 0 Å². The summed E-state index contributed by atoms with van der Waals surface area (Å²) in [7, 11) is 0. The molecule has 0 heterocycles. The van der Waals surface area contributed by atoms with E-state index >= 15 is 0 Å². The molecule has 1 aromatic rings. The second-order valence-electron chi connectivity index (χ2n) is 3.16. The van der Waals surface area contributed by atoms with Gasteiger partial charge in [0.05, 0.1) is 0 Å². The van der Waals surface area contributed by atoms with Crippen molar-refractivity contribution in [2.24, 2.45) is 0 Å². The van der Waals surface area contributed by atoms with Crippen LogP contribution in [0.4, 0.5) is 13.2 Å². The molecule has 3 heteroatoms. The van der Waals surface area contributed by atoms with Gasteiger partial charge in [-0.3, -0.25) is 0 Å². The zero-order valence-corrected chi connectivity index (χ0v) is 7.93. The molecule has 0 aliphatic heterocycles. The van der Waals surface area contributed by atoms with Gasteiger partial charge in [-0.2, -0.15) is 8.78 Å². The van der Waals surface area contributed by atoms with Crippen molar-refractivity contribution in [3.05, 3.63) is 35.9 Å². The summed E-state index contributed by atoms with van der Waals surface area (Å²) in [6.45, 7) is 1.68. The van der Waals surface area contributed by atoms with Crippen LogP contribution in [0.1, 0.15) is 25.3 Å². The van der Waals surface area contributed by atoms with Gasteiger partial charge in [-0.1, -0.05) is 37.6 Å². The first-order chi connectivity index (χ1) is 6.59. The van der Waals surface area contributed by atoms with Crippen LogP contribution in [0, 0.1) is 6.07 Å². The van der Waals surface area contributed by atoms with Crippen molar-refractivity contribution in [3.63, 3.8) is 0 Å². The maximum absolute atomic E-state index is 13.3. The number of alkyl halides is 3. The third kappa shape index (κ3) is 2.28. The van der Waals surface area contributed by atoms with E-state index in [1.54, 1.807) is 13.0 Å². The zero-order valence-electron chi connectivity index (χ0n) is 7.93. The van der Waals surface area contributed by atoms with Crippen LogP contribution in [0.5, 0.6) is 0 Å². The minimum atomic E-state index is -3.42. The highest BCUT2D eigenvalue weighted by molar-refractivity contribution is 5.19. The van der Waals surface area contributed by atoms with Crippen LogP contribution in [0.2, 0.25) is 0 Å². The Hall–Kier alpha value is -0.990. The lowest BCUT2D eigenvalue weighted by atomic mass is 10.0. The fourth-order valence-electron chi connectivity index (χ4n) is 1.20. The molecular formula is C11H12F3. The summed E-state index contributed by atoms with van der Waals surface area (Å²) in [4.78, 5) is 0. The molecular weight excluding hydrogens is 189 g/mol. The first-order valence-corrected chi connectivity index (χ1v) is 4.58. The number of hydrogen-bond acceptors (Lipinski definition) is 0. The van der Waals surface area contributed by atoms with Gasteiger partial charge in [-0.05, 0) is 12.5 Å². The number of hydrogen-bond donors (Lipinski definition) is 0. The van der Waals surface area contributed by atoms with Gasteiger partial charge in [-0.25, -0.2) is 4.39 Å². The summed E-state index contributed by atoms with van der Waals surface area (Å²) in [5.74, 6) is -3.42. The Morgan fingerprint density at radius 3 is 2.64 bits per heavy atom. The van der Waals surface area contributed by atoms with Crippen LogP contribution >= 0.6 is 0 Å². The molecule has 1 unspecified atom stereocenters. The molecule has 0 saturated heterocycles. The van der Waals surface area contributed by atoms with E-state index in [2.05, 4.69) is 6.07 Å². The molecule has 0 bridgehead atoms. The minimum Gasteiger partial charge on any atom is -0.240 e. The zero-order chi connectivity index (χ0) is 10.6. The van der Waals surface area contributed by atoms with E-state index in [9.17, 15) is 13.2 Å². The molecule has 0 aliphatic rings. The first kappa shape index (κ1) is 11.1. The van der Waals surface area contributed by atoms with Crippen molar-refractivity contribution in [1.82, 2.24) is 0 Å². The van der Waals surface area contributed by atoms with Crippen LogP contribution in [-0.2, 0) is 5.92 Å². The van der Waals surface area contributed by atoms with Gasteiger partial charge in [0.25, 0.3) is 0 Å². The quantitative estimate of drug-likeness (QED) is 0.696. The van der Waals surface area contributed by atoms with Gasteiger partial charge in [0, 0.05) is 5.56 Å². The average molecular weight is 201 g/mol. The maximum atomic E-state index is 13.3. The highest BCUT2D eigenvalue weighted by atomic mass is 19.3. The molecule has 0 aliphatic carbocycles. The molecule has 1 rings (SSSR count). The first-order valence-electron chi connectivity index (χ1n) is 4.58. The maximum Gasteiger partial charge on any atom is 0.304 e. The lowest BCUT2D eigenvalue weighted by molar-refractivity contribution is -0.0819. The predicted octanol–water partition coefficient (Wildman–Crippen LogP) is 3.72. The van der Waals surface area contributed by atoms with Gasteiger partial charge in [0.1, 0.15) is 0 Å². The summed E-state index contributed by atoms with van der Waals surface area (Å²) in [5.41, 5.74) is -0.374. The SMILES string of the molecule is CCCC(F)C(F)(F)c1[c]cccc1. The van der Waals surface area contributed by atoms with Gasteiger partial charge in [-0.15, -0.1) is 0 Å². The lowest BCUT2D eigenvalue weighted by Gasteiger charge is -2.20. The third-order valence-corrected chi connectivity index (χ3v) is 2.00. The van der Waals surface area contributed by atoms with Crippen molar-refractivity contribution in [2.45, 2.75) is 31.9 Å². The van der Waals surface area contributed by atoms with Crippen LogP contribution < -0.4 is 0 Å². The van der Waals surface area contributed by atoms with E-state index in [0.29, 0.717) is 6.42 Å². The Kier molecular flexibility index (Phi) is 3.55. The van der Waals surface area contributed by atoms with Crippen LogP contribution in [0.3, 0.4) is 0 Å². The van der Waals surface area contributed by atoms with Crippen LogP contribution in [0.15, 0.2) is 24.3 Å². The molecule has 0 aromatic heterocycles. The Balaban J connectivity index is 2.84. The molecule has 0 nitrogen and oxygen atoms in total. The Morgan fingerprint density at radius 2 is 2.14 bits per heavy atom.